The van der Waals surface area contributed by atoms with Gasteiger partial charge in [-0.2, -0.15) is 0 Å². The molecule has 3 heteroatoms. The number of ketones is 1. The molecule has 0 saturated heterocycles. The summed E-state index contributed by atoms with van der Waals surface area (Å²) in [5, 5.41) is 3.01. The summed E-state index contributed by atoms with van der Waals surface area (Å²) >= 11 is 0. The van der Waals surface area contributed by atoms with Crippen molar-refractivity contribution in [2.45, 2.75) is 6.92 Å². The molecule has 0 aromatic heterocycles. The SMILES string of the molecule is C[NH+]=CNc1ccc(C(C)=O)cc1. The van der Waals surface area contributed by atoms with Crippen molar-refractivity contribution in [1.82, 2.24) is 0 Å². The molecule has 0 fully saturated rings. The standard InChI is InChI=1S/C10H12N2O/c1-8(13)9-3-5-10(6-4-9)12-7-11-2/h3-7H,1-2H3,(H,11,12)/p+1. The molecular weight excluding hydrogens is 164 g/mol. The average Bonchev–Trinajstić information content (AvgIpc) is 2.15. The van der Waals surface area contributed by atoms with Crippen molar-refractivity contribution in [3.05, 3.63) is 29.8 Å². The van der Waals surface area contributed by atoms with Crippen LogP contribution in [0.5, 0.6) is 0 Å². The third-order valence-electron chi connectivity index (χ3n) is 1.67. The third-order valence-corrected chi connectivity index (χ3v) is 1.67. The second kappa shape index (κ2) is 4.40. The van der Waals surface area contributed by atoms with E-state index in [9.17, 15) is 4.79 Å². The van der Waals surface area contributed by atoms with Gasteiger partial charge in [0.1, 0.15) is 5.69 Å². The second-order valence-electron chi connectivity index (χ2n) is 2.71. The Morgan fingerprint density at radius 3 is 2.46 bits per heavy atom. The highest BCUT2D eigenvalue weighted by molar-refractivity contribution is 5.94. The molecule has 0 heterocycles. The molecule has 2 N–H and O–H groups in total. The molecule has 0 aliphatic heterocycles. The molecule has 0 saturated carbocycles. The van der Waals surface area contributed by atoms with Crippen molar-refractivity contribution in [2.75, 3.05) is 12.4 Å². The van der Waals surface area contributed by atoms with Crippen LogP contribution >= 0.6 is 0 Å². The highest BCUT2D eigenvalue weighted by Gasteiger charge is 1.99. The molecule has 13 heavy (non-hydrogen) atoms. The lowest BCUT2D eigenvalue weighted by atomic mass is 10.1. The zero-order valence-corrected chi connectivity index (χ0v) is 7.79. The molecule has 0 bridgehead atoms. The summed E-state index contributed by atoms with van der Waals surface area (Å²) in [6.45, 7) is 1.56. The van der Waals surface area contributed by atoms with Crippen LogP contribution in [0.2, 0.25) is 0 Å². The zero-order valence-electron chi connectivity index (χ0n) is 7.79. The minimum Gasteiger partial charge on any atom is -0.295 e. The number of hydrogen-bond acceptors (Lipinski definition) is 1. The Bertz CT molecular complexity index is 314. The number of nitrogens with one attached hydrogen (secondary N) is 2. The van der Waals surface area contributed by atoms with E-state index in [1.807, 2.05) is 19.2 Å². The van der Waals surface area contributed by atoms with Crippen molar-refractivity contribution < 1.29 is 9.79 Å². The molecule has 3 nitrogen and oxygen atoms in total. The lowest BCUT2D eigenvalue weighted by Gasteiger charge is -1.95. The first-order chi connectivity index (χ1) is 6.24. The largest absolute Gasteiger partial charge is 0.295 e. The number of Topliss-reactive ketones (excluding diaryl/α,β-unsaturated/α-hetero) is 1. The topological polar surface area (TPSA) is 43.1 Å². The van der Waals surface area contributed by atoms with Gasteiger partial charge in [-0.15, -0.1) is 0 Å². The fourth-order valence-electron chi connectivity index (χ4n) is 0.957. The Labute approximate surface area is 77.5 Å². The maximum atomic E-state index is 10.9. The maximum absolute atomic E-state index is 10.9. The van der Waals surface area contributed by atoms with Crippen LogP contribution in [0.4, 0.5) is 5.69 Å². The van der Waals surface area contributed by atoms with Gasteiger partial charge in [0.05, 0.1) is 7.05 Å². The second-order valence-corrected chi connectivity index (χ2v) is 2.71. The Morgan fingerprint density at radius 2 is 2.00 bits per heavy atom. The Kier molecular flexibility index (Phi) is 3.20. The van der Waals surface area contributed by atoms with E-state index in [0.717, 1.165) is 11.3 Å². The summed E-state index contributed by atoms with van der Waals surface area (Å²) in [6, 6.07) is 7.33. The first-order valence-electron chi connectivity index (χ1n) is 4.10. The zero-order chi connectivity index (χ0) is 9.68. The molecule has 1 aromatic rings. The van der Waals surface area contributed by atoms with Crippen LogP contribution in [0.15, 0.2) is 24.3 Å². The van der Waals surface area contributed by atoms with Crippen molar-refractivity contribution in [2.24, 2.45) is 0 Å². The van der Waals surface area contributed by atoms with E-state index in [1.165, 1.54) is 0 Å². The van der Waals surface area contributed by atoms with Gasteiger partial charge in [-0.1, -0.05) is 0 Å². The van der Waals surface area contributed by atoms with E-state index >= 15 is 0 Å². The number of rotatable bonds is 3. The number of carbonyl (C=O) groups excluding carboxylic acids is 1. The highest BCUT2D eigenvalue weighted by Crippen LogP contribution is 2.08. The van der Waals surface area contributed by atoms with Gasteiger partial charge >= 0.3 is 0 Å². The summed E-state index contributed by atoms with van der Waals surface area (Å²) in [4.78, 5) is 13.8. The van der Waals surface area contributed by atoms with Gasteiger partial charge in [0, 0.05) is 5.56 Å². The molecule has 1 rings (SSSR count). The lowest BCUT2D eigenvalue weighted by Crippen LogP contribution is -2.64. The van der Waals surface area contributed by atoms with E-state index in [-0.39, 0.29) is 5.78 Å². The van der Waals surface area contributed by atoms with Crippen LogP contribution in [0.1, 0.15) is 17.3 Å². The predicted molar refractivity (Wildman–Crippen MR) is 53.0 cm³/mol. The van der Waals surface area contributed by atoms with Gasteiger partial charge in [-0.25, -0.2) is 5.32 Å². The van der Waals surface area contributed by atoms with E-state index in [0.29, 0.717) is 0 Å². The minimum absolute atomic E-state index is 0.0872. The van der Waals surface area contributed by atoms with Gasteiger partial charge in [0.15, 0.2) is 5.78 Å². The first-order valence-corrected chi connectivity index (χ1v) is 4.10. The quantitative estimate of drug-likeness (QED) is 0.389. The summed E-state index contributed by atoms with van der Waals surface area (Å²) in [5.41, 5.74) is 1.69. The smallest absolute Gasteiger partial charge is 0.234 e. The Hall–Kier alpha value is -1.64. The number of benzene rings is 1. The molecule has 0 aliphatic carbocycles. The van der Waals surface area contributed by atoms with Crippen LogP contribution in [-0.4, -0.2) is 19.2 Å². The fourth-order valence-corrected chi connectivity index (χ4v) is 0.957. The fraction of sp³-hybridized carbons (Fsp3) is 0.200. The predicted octanol–water partition coefficient (Wildman–Crippen LogP) is 0.0398. The van der Waals surface area contributed by atoms with Gasteiger partial charge < -0.3 is 0 Å². The monoisotopic (exact) mass is 177 g/mol. The van der Waals surface area contributed by atoms with E-state index in [2.05, 4.69) is 10.3 Å². The summed E-state index contributed by atoms with van der Waals surface area (Å²) < 4.78 is 0. The molecule has 0 spiro atoms. The van der Waals surface area contributed by atoms with Crippen LogP contribution in [0.25, 0.3) is 0 Å². The Balaban J connectivity index is 2.75. The molecule has 68 valence electrons. The third kappa shape index (κ3) is 2.71. The number of hydrogen-bond donors (Lipinski definition) is 2. The van der Waals surface area contributed by atoms with E-state index in [1.54, 1.807) is 25.4 Å². The lowest BCUT2D eigenvalue weighted by molar-refractivity contribution is -0.414. The molecule has 0 radical (unpaired) electrons. The van der Waals surface area contributed by atoms with Crippen LogP contribution in [0.3, 0.4) is 0 Å². The van der Waals surface area contributed by atoms with E-state index < -0.39 is 0 Å². The van der Waals surface area contributed by atoms with Gasteiger partial charge in [-0.05, 0) is 31.2 Å². The highest BCUT2D eigenvalue weighted by atomic mass is 16.1. The summed E-state index contributed by atoms with van der Waals surface area (Å²) in [6.07, 6.45) is 1.72. The molecule has 1 aromatic carbocycles. The minimum atomic E-state index is 0.0872. The Morgan fingerprint density at radius 1 is 1.38 bits per heavy atom. The average molecular weight is 177 g/mol. The van der Waals surface area contributed by atoms with Crippen molar-refractivity contribution in [3.8, 4) is 0 Å². The van der Waals surface area contributed by atoms with Gasteiger partial charge in [-0.3, -0.25) is 9.79 Å². The number of anilines is 1. The number of carbonyl (C=O) groups is 1. The normalized spacial score (nSPS) is 10.3. The maximum Gasteiger partial charge on any atom is 0.234 e. The summed E-state index contributed by atoms with van der Waals surface area (Å²) in [7, 11) is 1.82. The molecular formula is C10H13N2O+. The summed E-state index contributed by atoms with van der Waals surface area (Å²) in [5.74, 6) is 0.0872. The van der Waals surface area contributed by atoms with Gasteiger partial charge in [0.25, 0.3) is 0 Å². The van der Waals surface area contributed by atoms with Crippen LogP contribution < -0.4 is 10.3 Å². The van der Waals surface area contributed by atoms with E-state index in [4.69, 9.17) is 0 Å². The molecule has 0 amide bonds. The van der Waals surface area contributed by atoms with Crippen molar-refractivity contribution in [3.63, 3.8) is 0 Å². The molecule has 0 unspecified atom stereocenters. The van der Waals surface area contributed by atoms with Crippen molar-refractivity contribution in [1.29, 1.82) is 0 Å². The first kappa shape index (κ1) is 9.45. The van der Waals surface area contributed by atoms with Crippen molar-refractivity contribution >= 4 is 17.8 Å². The molecule has 0 aliphatic rings. The van der Waals surface area contributed by atoms with Gasteiger partial charge in [0.2, 0.25) is 6.34 Å². The van der Waals surface area contributed by atoms with Crippen LogP contribution in [0, 0.1) is 0 Å². The van der Waals surface area contributed by atoms with Crippen LogP contribution in [-0.2, 0) is 0 Å². The molecule has 0 atom stereocenters.